The zero-order chi connectivity index (χ0) is 8.97. The predicted molar refractivity (Wildman–Crippen MR) is 51.1 cm³/mol. The fourth-order valence-corrected chi connectivity index (χ4v) is 1.71. The first-order valence-corrected chi connectivity index (χ1v) is 4.80. The van der Waals surface area contributed by atoms with Crippen LogP contribution in [0, 0.1) is 0 Å². The lowest BCUT2D eigenvalue weighted by atomic mass is 9.92. The molecule has 1 aliphatic carbocycles. The molecule has 1 saturated carbocycles. The highest BCUT2D eigenvalue weighted by molar-refractivity contribution is 4.88. The summed E-state index contributed by atoms with van der Waals surface area (Å²) >= 11 is 0. The molecule has 0 bridgehead atoms. The third-order valence-electron chi connectivity index (χ3n) is 2.56. The first kappa shape index (κ1) is 9.75. The standard InChI is InChI=1S/C10H19NO/c1-3-8(2)11-9-6-4-5-7-10(9)12/h3,8-12H,1,4-7H2,2H3/t8?,9-,10-/m0/s1. The van der Waals surface area contributed by atoms with Gasteiger partial charge in [-0.1, -0.05) is 18.9 Å². The van der Waals surface area contributed by atoms with E-state index >= 15 is 0 Å². The molecule has 12 heavy (non-hydrogen) atoms. The Morgan fingerprint density at radius 1 is 1.50 bits per heavy atom. The number of hydrogen-bond donors (Lipinski definition) is 2. The van der Waals surface area contributed by atoms with Gasteiger partial charge in [0, 0.05) is 12.1 Å². The van der Waals surface area contributed by atoms with Crippen LogP contribution >= 0.6 is 0 Å². The summed E-state index contributed by atoms with van der Waals surface area (Å²) in [6.45, 7) is 5.77. The smallest absolute Gasteiger partial charge is 0.0693 e. The highest BCUT2D eigenvalue weighted by atomic mass is 16.3. The van der Waals surface area contributed by atoms with E-state index in [1.807, 2.05) is 6.08 Å². The van der Waals surface area contributed by atoms with Gasteiger partial charge in [-0.05, 0) is 19.8 Å². The Bertz CT molecular complexity index is 147. The average Bonchev–Trinajstić information content (AvgIpc) is 2.09. The molecular formula is C10H19NO. The topological polar surface area (TPSA) is 32.3 Å². The minimum atomic E-state index is -0.152. The van der Waals surface area contributed by atoms with Crippen molar-refractivity contribution in [1.29, 1.82) is 0 Å². The molecule has 2 N–H and O–H groups in total. The molecular weight excluding hydrogens is 150 g/mol. The summed E-state index contributed by atoms with van der Waals surface area (Å²) in [5, 5.41) is 13.0. The molecule has 0 spiro atoms. The molecule has 0 aromatic heterocycles. The summed E-state index contributed by atoms with van der Waals surface area (Å²) < 4.78 is 0. The van der Waals surface area contributed by atoms with Crippen LogP contribution in [0.25, 0.3) is 0 Å². The molecule has 1 fully saturated rings. The van der Waals surface area contributed by atoms with Gasteiger partial charge in [0.25, 0.3) is 0 Å². The highest BCUT2D eigenvalue weighted by Crippen LogP contribution is 2.18. The van der Waals surface area contributed by atoms with E-state index in [-0.39, 0.29) is 12.1 Å². The SMILES string of the molecule is C=CC(C)N[C@H]1CCCC[C@@H]1O. The van der Waals surface area contributed by atoms with E-state index in [0.29, 0.717) is 6.04 Å². The van der Waals surface area contributed by atoms with Crippen LogP contribution in [0.3, 0.4) is 0 Å². The maximum absolute atomic E-state index is 9.62. The van der Waals surface area contributed by atoms with Crippen LogP contribution in [0.2, 0.25) is 0 Å². The van der Waals surface area contributed by atoms with Gasteiger partial charge < -0.3 is 10.4 Å². The third kappa shape index (κ3) is 2.61. The van der Waals surface area contributed by atoms with Crippen molar-refractivity contribution in [2.24, 2.45) is 0 Å². The number of hydrogen-bond acceptors (Lipinski definition) is 2. The molecule has 1 aliphatic rings. The largest absolute Gasteiger partial charge is 0.392 e. The third-order valence-corrected chi connectivity index (χ3v) is 2.56. The van der Waals surface area contributed by atoms with Crippen molar-refractivity contribution >= 4 is 0 Å². The molecule has 2 heteroatoms. The molecule has 0 amide bonds. The van der Waals surface area contributed by atoms with Gasteiger partial charge in [0.15, 0.2) is 0 Å². The van der Waals surface area contributed by atoms with E-state index in [4.69, 9.17) is 0 Å². The van der Waals surface area contributed by atoms with Gasteiger partial charge in [-0.3, -0.25) is 0 Å². The summed E-state index contributed by atoms with van der Waals surface area (Å²) in [5.41, 5.74) is 0. The molecule has 0 saturated heterocycles. The van der Waals surface area contributed by atoms with Gasteiger partial charge >= 0.3 is 0 Å². The first-order valence-electron chi connectivity index (χ1n) is 4.80. The second kappa shape index (κ2) is 4.63. The Kier molecular flexibility index (Phi) is 3.76. The van der Waals surface area contributed by atoms with Gasteiger partial charge in [0.2, 0.25) is 0 Å². The van der Waals surface area contributed by atoms with Gasteiger partial charge in [-0.2, -0.15) is 0 Å². The minimum Gasteiger partial charge on any atom is -0.392 e. The monoisotopic (exact) mass is 169 g/mol. The van der Waals surface area contributed by atoms with E-state index < -0.39 is 0 Å². The molecule has 0 radical (unpaired) electrons. The van der Waals surface area contributed by atoms with Crippen LogP contribution in [0.5, 0.6) is 0 Å². The van der Waals surface area contributed by atoms with Crippen LogP contribution in [-0.2, 0) is 0 Å². The van der Waals surface area contributed by atoms with Crippen molar-refractivity contribution in [3.05, 3.63) is 12.7 Å². The van der Waals surface area contributed by atoms with Crippen molar-refractivity contribution in [2.75, 3.05) is 0 Å². The lowest BCUT2D eigenvalue weighted by Crippen LogP contribution is -2.45. The van der Waals surface area contributed by atoms with Crippen LogP contribution in [0.4, 0.5) is 0 Å². The lowest BCUT2D eigenvalue weighted by Gasteiger charge is -2.30. The summed E-state index contributed by atoms with van der Waals surface area (Å²) in [6.07, 6.45) is 6.17. The van der Waals surface area contributed by atoms with E-state index in [2.05, 4.69) is 18.8 Å². The van der Waals surface area contributed by atoms with Gasteiger partial charge in [0.05, 0.1) is 6.10 Å². The number of aliphatic hydroxyl groups is 1. The van der Waals surface area contributed by atoms with Gasteiger partial charge in [-0.15, -0.1) is 6.58 Å². The average molecular weight is 169 g/mol. The summed E-state index contributed by atoms with van der Waals surface area (Å²) in [6, 6.07) is 0.592. The van der Waals surface area contributed by atoms with E-state index in [1.165, 1.54) is 12.8 Å². The van der Waals surface area contributed by atoms with Crippen molar-refractivity contribution in [3.63, 3.8) is 0 Å². The van der Waals surface area contributed by atoms with Crippen molar-refractivity contribution in [3.8, 4) is 0 Å². The van der Waals surface area contributed by atoms with Crippen LogP contribution < -0.4 is 5.32 Å². The molecule has 0 heterocycles. The Morgan fingerprint density at radius 3 is 2.75 bits per heavy atom. The maximum Gasteiger partial charge on any atom is 0.0693 e. The Hall–Kier alpha value is -0.340. The van der Waals surface area contributed by atoms with Crippen molar-refractivity contribution in [1.82, 2.24) is 5.32 Å². The van der Waals surface area contributed by atoms with E-state index in [1.54, 1.807) is 0 Å². The Balaban J connectivity index is 2.33. The molecule has 3 atom stereocenters. The highest BCUT2D eigenvalue weighted by Gasteiger charge is 2.22. The maximum atomic E-state index is 9.62. The summed E-state index contributed by atoms with van der Waals surface area (Å²) in [4.78, 5) is 0. The second-order valence-electron chi connectivity index (χ2n) is 3.65. The number of rotatable bonds is 3. The molecule has 2 nitrogen and oxygen atoms in total. The zero-order valence-electron chi connectivity index (χ0n) is 7.79. The van der Waals surface area contributed by atoms with E-state index in [0.717, 1.165) is 12.8 Å². The zero-order valence-corrected chi connectivity index (χ0v) is 7.79. The summed E-state index contributed by atoms with van der Waals surface area (Å²) in [5.74, 6) is 0. The van der Waals surface area contributed by atoms with Crippen LogP contribution in [-0.4, -0.2) is 23.3 Å². The van der Waals surface area contributed by atoms with Gasteiger partial charge in [-0.25, -0.2) is 0 Å². The van der Waals surface area contributed by atoms with E-state index in [9.17, 15) is 5.11 Å². The Morgan fingerprint density at radius 2 is 2.17 bits per heavy atom. The Labute approximate surface area is 74.7 Å². The quantitative estimate of drug-likeness (QED) is 0.627. The van der Waals surface area contributed by atoms with Gasteiger partial charge in [0.1, 0.15) is 0 Å². The molecule has 70 valence electrons. The fourth-order valence-electron chi connectivity index (χ4n) is 1.71. The molecule has 0 aromatic rings. The first-order chi connectivity index (χ1) is 5.74. The van der Waals surface area contributed by atoms with Crippen LogP contribution in [0.1, 0.15) is 32.6 Å². The fraction of sp³-hybridized carbons (Fsp3) is 0.800. The lowest BCUT2D eigenvalue weighted by molar-refractivity contribution is 0.0886. The molecule has 1 unspecified atom stereocenters. The van der Waals surface area contributed by atoms with Crippen molar-refractivity contribution < 1.29 is 5.11 Å². The second-order valence-corrected chi connectivity index (χ2v) is 3.65. The normalized spacial score (nSPS) is 32.8. The number of aliphatic hydroxyl groups excluding tert-OH is 1. The summed E-state index contributed by atoms with van der Waals surface area (Å²) in [7, 11) is 0. The number of nitrogens with one attached hydrogen (secondary N) is 1. The van der Waals surface area contributed by atoms with Crippen molar-refractivity contribution in [2.45, 2.75) is 50.8 Å². The molecule has 0 aromatic carbocycles. The predicted octanol–water partition coefficient (Wildman–Crippen LogP) is 1.45. The van der Waals surface area contributed by atoms with Crippen LogP contribution in [0.15, 0.2) is 12.7 Å². The molecule has 0 aliphatic heterocycles. The minimum absolute atomic E-state index is 0.152. The molecule has 1 rings (SSSR count).